The molecule has 0 atom stereocenters. The lowest BCUT2D eigenvalue weighted by molar-refractivity contribution is -0.384. The predicted molar refractivity (Wildman–Crippen MR) is 86.4 cm³/mol. The van der Waals surface area contributed by atoms with E-state index in [0.717, 1.165) is 56.3 Å². The quantitative estimate of drug-likeness (QED) is 0.393. The fourth-order valence-corrected chi connectivity index (χ4v) is 2.56. The van der Waals surface area contributed by atoms with E-state index in [1.165, 1.54) is 12.1 Å². The highest BCUT2D eigenvalue weighted by Gasteiger charge is 2.09. The number of benzene rings is 1. The van der Waals surface area contributed by atoms with Crippen molar-refractivity contribution in [1.82, 2.24) is 9.97 Å². The van der Waals surface area contributed by atoms with Crippen LogP contribution in [0.4, 0.5) is 5.69 Å². The van der Waals surface area contributed by atoms with Crippen LogP contribution in [0, 0.1) is 10.1 Å². The number of carboxylic acid groups (broad SMARTS) is 1. The highest BCUT2D eigenvalue weighted by Crippen LogP contribution is 2.19. The molecule has 0 unspecified atom stereocenters. The summed E-state index contributed by atoms with van der Waals surface area (Å²) in [5, 5.41) is 19.3. The molecule has 1 heterocycles. The number of non-ortho nitro benzene ring substituents is 1. The third-order valence-electron chi connectivity index (χ3n) is 3.78. The maximum absolute atomic E-state index is 10.7. The average molecular weight is 319 g/mol. The third-order valence-corrected chi connectivity index (χ3v) is 3.78. The Morgan fingerprint density at radius 3 is 2.57 bits per heavy atom. The van der Waals surface area contributed by atoms with Crippen LogP contribution in [0.3, 0.4) is 0 Å². The number of aliphatic carboxylic acids is 1. The van der Waals surface area contributed by atoms with Gasteiger partial charge in [0.05, 0.1) is 16.0 Å². The zero-order valence-corrected chi connectivity index (χ0v) is 13.0. The van der Waals surface area contributed by atoms with Gasteiger partial charge in [-0.25, -0.2) is 4.98 Å². The monoisotopic (exact) mass is 319 g/mol. The summed E-state index contributed by atoms with van der Waals surface area (Å²) >= 11 is 0. The minimum atomic E-state index is -0.727. The lowest BCUT2D eigenvalue weighted by atomic mass is 10.1. The van der Waals surface area contributed by atoms with Crippen LogP contribution in [0.15, 0.2) is 18.2 Å². The molecule has 0 fully saturated rings. The van der Waals surface area contributed by atoms with E-state index in [1.54, 1.807) is 6.07 Å². The number of aromatic amines is 1. The van der Waals surface area contributed by atoms with E-state index in [4.69, 9.17) is 5.11 Å². The Hall–Kier alpha value is -2.44. The van der Waals surface area contributed by atoms with E-state index >= 15 is 0 Å². The summed E-state index contributed by atoms with van der Waals surface area (Å²) in [6.07, 6.45) is 7.00. The van der Waals surface area contributed by atoms with Crippen LogP contribution in [0.25, 0.3) is 11.0 Å². The van der Waals surface area contributed by atoms with Crippen molar-refractivity contribution in [2.24, 2.45) is 0 Å². The van der Waals surface area contributed by atoms with Gasteiger partial charge in [-0.15, -0.1) is 0 Å². The number of nitrogens with one attached hydrogen (secondary N) is 1. The summed E-state index contributed by atoms with van der Waals surface area (Å²) in [7, 11) is 0. The number of aryl methyl sites for hydroxylation is 1. The SMILES string of the molecule is O=C(O)CCCCCCCCc1nc2ccc([N+](=O)[O-])cc2[nH]1. The van der Waals surface area contributed by atoms with Crippen molar-refractivity contribution < 1.29 is 14.8 Å². The number of carbonyl (C=O) groups is 1. The second-order valence-electron chi connectivity index (χ2n) is 5.66. The van der Waals surface area contributed by atoms with Crippen molar-refractivity contribution in [3.05, 3.63) is 34.1 Å². The molecule has 7 nitrogen and oxygen atoms in total. The number of hydrogen-bond acceptors (Lipinski definition) is 4. The van der Waals surface area contributed by atoms with Crippen molar-refractivity contribution >= 4 is 22.7 Å². The lowest BCUT2D eigenvalue weighted by Crippen LogP contribution is -1.93. The van der Waals surface area contributed by atoms with Gasteiger partial charge in [0.25, 0.3) is 5.69 Å². The minimum absolute atomic E-state index is 0.0639. The molecule has 0 saturated carbocycles. The summed E-state index contributed by atoms with van der Waals surface area (Å²) < 4.78 is 0. The first-order chi connectivity index (χ1) is 11.1. The molecule has 0 amide bonds. The average Bonchev–Trinajstić information content (AvgIpc) is 2.91. The first-order valence-electron chi connectivity index (χ1n) is 7.91. The number of nitrogens with zero attached hydrogens (tertiary/aromatic N) is 2. The summed E-state index contributed by atoms with van der Waals surface area (Å²) in [5.74, 6) is 0.126. The van der Waals surface area contributed by atoms with Crippen molar-refractivity contribution in [2.75, 3.05) is 0 Å². The number of fused-ring (bicyclic) bond motifs is 1. The second kappa shape index (κ2) is 8.26. The van der Waals surface area contributed by atoms with Crippen LogP contribution >= 0.6 is 0 Å². The van der Waals surface area contributed by atoms with Crippen LogP contribution in [-0.2, 0) is 11.2 Å². The Labute approximate surface area is 133 Å². The molecule has 23 heavy (non-hydrogen) atoms. The van der Waals surface area contributed by atoms with Crippen molar-refractivity contribution in [3.63, 3.8) is 0 Å². The molecule has 1 aromatic heterocycles. The van der Waals surface area contributed by atoms with Gasteiger partial charge in [0.15, 0.2) is 0 Å². The number of H-pyrrole nitrogens is 1. The van der Waals surface area contributed by atoms with Crippen LogP contribution in [0.1, 0.15) is 50.8 Å². The number of carboxylic acids is 1. The van der Waals surface area contributed by atoms with Gasteiger partial charge in [-0.1, -0.05) is 25.7 Å². The number of rotatable bonds is 10. The Morgan fingerprint density at radius 1 is 1.17 bits per heavy atom. The van der Waals surface area contributed by atoms with Crippen molar-refractivity contribution in [2.45, 2.75) is 51.4 Å². The van der Waals surface area contributed by atoms with Crippen LogP contribution in [0.5, 0.6) is 0 Å². The van der Waals surface area contributed by atoms with E-state index in [1.807, 2.05) is 0 Å². The van der Waals surface area contributed by atoms with Gasteiger partial charge in [-0.2, -0.15) is 0 Å². The van der Waals surface area contributed by atoms with Crippen molar-refractivity contribution in [3.8, 4) is 0 Å². The Morgan fingerprint density at radius 2 is 1.87 bits per heavy atom. The lowest BCUT2D eigenvalue weighted by Gasteiger charge is -2.00. The van der Waals surface area contributed by atoms with E-state index in [0.29, 0.717) is 5.52 Å². The van der Waals surface area contributed by atoms with E-state index in [9.17, 15) is 14.9 Å². The van der Waals surface area contributed by atoms with Crippen LogP contribution < -0.4 is 0 Å². The Balaban J connectivity index is 1.71. The number of nitro groups is 1. The second-order valence-corrected chi connectivity index (χ2v) is 5.66. The van der Waals surface area contributed by atoms with E-state index in [2.05, 4.69) is 9.97 Å². The summed E-state index contributed by atoms with van der Waals surface area (Å²) in [6, 6.07) is 4.63. The first-order valence-corrected chi connectivity index (χ1v) is 7.91. The molecule has 7 heteroatoms. The van der Waals surface area contributed by atoms with Gasteiger partial charge in [-0.05, 0) is 18.9 Å². The van der Waals surface area contributed by atoms with Crippen molar-refractivity contribution in [1.29, 1.82) is 0 Å². The summed E-state index contributed by atoms with van der Waals surface area (Å²) in [6.45, 7) is 0. The van der Waals surface area contributed by atoms with E-state index in [-0.39, 0.29) is 12.1 Å². The van der Waals surface area contributed by atoms with Crippen LogP contribution in [-0.4, -0.2) is 26.0 Å². The number of aromatic nitrogens is 2. The molecule has 0 radical (unpaired) electrons. The molecule has 0 bridgehead atoms. The number of imidazole rings is 1. The zero-order chi connectivity index (χ0) is 16.7. The third kappa shape index (κ3) is 5.36. The van der Waals surface area contributed by atoms with Crippen LogP contribution in [0.2, 0.25) is 0 Å². The molecule has 0 spiro atoms. The molecular weight excluding hydrogens is 298 g/mol. The maximum Gasteiger partial charge on any atom is 0.303 e. The normalized spacial score (nSPS) is 11.0. The molecule has 0 aliphatic rings. The fourth-order valence-electron chi connectivity index (χ4n) is 2.56. The molecular formula is C16H21N3O4. The summed E-state index contributed by atoms with van der Waals surface area (Å²) in [5.41, 5.74) is 1.51. The van der Waals surface area contributed by atoms with Gasteiger partial charge in [0.1, 0.15) is 5.82 Å². The molecule has 0 aliphatic carbocycles. The Kier molecular flexibility index (Phi) is 6.08. The molecule has 124 valence electrons. The highest BCUT2D eigenvalue weighted by atomic mass is 16.6. The summed E-state index contributed by atoms with van der Waals surface area (Å²) in [4.78, 5) is 28.3. The molecule has 2 N–H and O–H groups in total. The minimum Gasteiger partial charge on any atom is -0.481 e. The smallest absolute Gasteiger partial charge is 0.303 e. The number of unbranched alkanes of at least 4 members (excludes halogenated alkanes) is 5. The highest BCUT2D eigenvalue weighted by molar-refractivity contribution is 5.77. The first kappa shape index (κ1) is 16.9. The zero-order valence-electron chi connectivity index (χ0n) is 13.0. The molecule has 0 aliphatic heterocycles. The van der Waals surface area contributed by atoms with Gasteiger partial charge < -0.3 is 10.1 Å². The molecule has 2 rings (SSSR count). The van der Waals surface area contributed by atoms with Gasteiger partial charge in [0, 0.05) is 25.0 Å². The topological polar surface area (TPSA) is 109 Å². The molecule has 1 aromatic carbocycles. The molecule has 0 saturated heterocycles. The van der Waals surface area contributed by atoms with Gasteiger partial charge >= 0.3 is 5.97 Å². The predicted octanol–water partition coefficient (Wildman–Crippen LogP) is 3.83. The number of hydrogen-bond donors (Lipinski definition) is 2. The van der Waals surface area contributed by atoms with E-state index < -0.39 is 10.9 Å². The maximum atomic E-state index is 10.7. The molecule has 2 aromatic rings. The van der Waals surface area contributed by atoms with Gasteiger partial charge in [0.2, 0.25) is 0 Å². The number of nitro benzene ring substituents is 1. The Bertz CT molecular complexity index is 681. The fraction of sp³-hybridized carbons (Fsp3) is 0.500. The van der Waals surface area contributed by atoms with Gasteiger partial charge in [-0.3, -0.25) is 14.9 Å². The standard InChI is InChI=1S/C16H21N3O4/c20-16(21)8-6-4-2-1-3-5-7-15-17-13-10-9-12(19(22)23)11-14(13)18-15/h9-11H,1-8H2,(H,17,18)(H,20,21). The largest absolute Gasteiger partial charge is 0.481 e.